The van der Waals surface area contributed by atoms with Gasteiger partial charge in [-0.2, -0.15) is 0 Å². The van der Waals surface area contributed by atoms with Crippen molar-refractivity contribution in [1.82, 2.24) is 0 Å². The smallest absolute Gasteiger partial charge is 0.356 e. The maximum Gasteiger partial charge on any atom is 0.356 e. The van der Waals surface area contributed by atoms with Crippen LogP contribution >= 0.6 is 7.60 Å². The van der Waals surface area contributed by atoms with E-state index in [1.807, 2.05) is 32.9 Å². The third kappa shape index (κ3) is 7.63. The lowest BCUT2D eigenvalue weighted by atomic mass is 10.1. The fourth-order valence-electron chi connectivity index (χ4n) is 1.40. The molecule has 0 bridgehead atoms. The van der Waals surface area contributed by atoms with Crippen LogP contribution in [0.5, 0.6) is 0 Å². The lowest BCUT2D eigenvalue weighted by Gasteiger charge is -2.30. The molecule has 0 aliphatic heterocycles. The second-order valence-corrected chi connectivity index (χ2v) is 7.92. The number of hydrogen-bond acceptors (Lipinski definition) is 3. The van der Waals surface area contributed by atoms with Crippen LogP contribution in [0.1, 0.15) is 41.0 Å². The Balaban J connectivity index is 4.60. The normalized spacial score (nSPS) is 14.5. The van der Waals surface area contributed by atoms with E-state index >= 15 is 0 Å². The second kappa shape index (κ2) is 7.95. The third-order valence-electron chi connectivity index (χ3n) is 2.87. The molecule has 0 aromatic carbocycles. The lowest BCUT2D eigenvalue weighted by Crippen LogP contribution is -2.30. The molecule has 21 heavy (non-hydrogen) atoms. The third-order valence-corrected chi connectivity index (χ3v) is 4.40. The summed E-state index contributed by atoms with van der Waals surface area (Å²) in [5, 5.41) is -1.49. The molecule has 0 aliphatic carbocycles. The molecule has 0 aliphatic rings. The number of allylic oxidation sites excluding steroid dienone is 4. The summed E-state index contributed by atoms with van der Waals surface area (Å²) in [6, 6.07) is 0. The van der Waals surface area contributed by atoms with Crippen molar-refractivity contribution in [3.8, 4) is 0 Å². The van der Waals surface area contributed by atoms with Gasteiger partial charge in [0.15, 0.2) is 5.34 Å². The van der Waals surface area contributed by atoms with Gasteiger partial charge in [0.2, 0.25) is 0 Å². The average Bonchev–Trinajstić information content (AvgIpc) is 2.26. The molecule has 2 N–H and O–H groups in total. The molecule has 0 unspecified atom stereocenters. The second-order valence-electron chi connectivity index (χ2n) is 5.76. The van der Waals surface area contributed by atoms with Gasteiger partial charge < -0.3 is 19.3 Å². The van der Waals surface area contributed by atoms with Crippen molar-refractivity contribution in [2.75, 3.05) is 6.61 Å². The highest BCUT2D eigenvalue weighted by atomic mass is 31.2. The molecule has 0 saturated heterocycles. The highest BCUT2D eigenvalue weighted by Gasteiger charge is 2.39. The Morgan fingerprint density at radius 3 is 2.29 bits per heavy atom. The van der Waals surface area contributed by atoms with Gasteiger partial charge in [-0.15, -0.1) is 0 Å². The first-order valence-electron chi connectivity index (χ1n) is 6.79. The van der Waals surface area contributed by atoms with Gasteiger partial charge in [-0.25, -0.2) is 0 Å². The molecule has 0 aromatic heterocycles. The Labute approximate surface area is 127 Å². The molecule has 0 heterocycles. The van der Waals surface area contributed by atoms with Gasteiger partial charge in [0.1, 0.15) is 11.4 Å². The zero-order valence-electron chi connectivity index (χ0n) is 13.5. The Morgan fingerprint density at radius 2 is 1.86 bits per heavy atom. The van der Waals surface area contributed by atoms with Crippen LogP contribution in [0.15, 0.2) is 36.6 Å². The molecule has 0 radical (unpaired) electrons. The summed E-state index contributed by atoms with van der Waals surface area (Å²) in [4.78, 5) is 18.4. The Morgan fingerprint density at radius 1 is 1.29 bits per heavy atom. The van der Waals surface area contributed by atoms with Gasteiger partial charge in [0.05, 0.1) is 6.61 Å². The number of hydrogen-bond donors (Lipinski definition) is 2. The first kappa shape index (κ1) is 20.1. The first-order valence-corrected chi connectivity index (χ1v) is 8.40. The van der Waals surface area contributed by atoms with Gasteiger partial charge in [-0.1, -0.05) is 18.7 Å². The molecular formula is C15H27O5P. The molecule has 0 amide bonds. The van der Waals surface area contributed by atoms with E-state index in [1.165, 1.54) is 13.8 Å². The van der Waals surface area contributed by atoms with E-state index in [0.717, 1.165) is 0 Å². The standard InChI is InChI=1S/C15H27O5P/c1-7-9-13(10-8-2)20-14(3,4)11-12-19-15(5,6)21(16,17)18/h7-10H,1,11-12H2,2-6H3,(H2,16,17,18)/b10-8-,13-9+. The minimum absolute atomic E-state index is 0.183. The van der Waals surface area contributed by atoms with E-state index in [-0.39, 0.29) is 6.61 Å². The topological polar surface area (TPSA) is 76.0 Å². The van der Waals surface area contributed by atoms with Crippen LogP contribution in [0.25, 0.3) is 0 Å². The zero-order valence-corrected chi connectivity index (χ0v) is 14.4. The fraction of sp³-hybridized carbons (Fsp3) is 0.600. The van der Waals surface area contributed by atoms with Gasteiger partial charge in [0.25, 0.3) is 0 Å². The lowest BCUT2D eigenvalue weighted by molar-refractivity contribution is -0.0278. The van der Waals surface area contributed by atoms with Crippen LogP contribution in [0.4, 0.5) is 0 Å². The molecule has 0 fully saturated rings. The van der Waals surface area contributed by atoms with Crippen molar-refractivity contribution in [2.45, 2.75) is 52.0 Å². The predicted molar refractivity (Wildman–Crippen MR) is 85.0 cm³/mol. The first-order chi connectivity index (χ1) is 9.45. The van der Waals surface area contributed by atoms with Gasteiger partial charge in [-0.3, -0.25) is 4.57 Å². The summed E-state index contributed by atoms with van der Waals surface area (Å²) >= 11 is 0. The fourth-order valence-corrected chi connectivity index (χ4v) is 1.66. The van der Waals surface area contributed by atoms with Gasteiger partial charge in [-0.05, 0) is 46.8 Å². The summed E-state index contributed by atoms with van der Waals surface area (Å²) < 4.78 is 22.4. The van der Waals surface area contributed by atoms with Crippen molar-refractivity contribution in [2.24, 2.45) is 0 Å². The number of ether oxygens (including phenoxy) is 2. The minimum atomic E-state index is -4.30. The van der Waals surface area contributed by atoms with E-state index in [0.29, 0.717) is 12.2 Å². The van der Waals surface area contributed by atoms with Crippen molar-refractivity contribution in [3.63, 3.8) is 0 Å². The summed E-state index contributed by atoms with van der Waals surface area (Å²) in [6.45, 7) is 12.2. The molecule has 6 heteroatoms. The Kier molecular flexibility index (Phi) is 7.62. The van der Waals surface area contributed by atoms with Crippen LogP contribution in [0.2, 0.25) is 0 Å². The van der Waals surface area contributed by atoms with Crippen molar-refractivity contribution in [3.05, 3.63) is 36.6 Å². The summed E-state index contributed by atoms with van der Waals surface area (Å²) in [6.07, 6.45) is 7.56. The number of rotatable bonds is 9. The molecular weight excluding hydrogens is 291 g/mol. The van der Waals surface area contributed by atoms with E-state index in [4.69, 9.17) is 9.47 Å². The maximum atomic E-state index is 11.3. The highest BCUT2D eigenvalue weighted by Crippen LogP contribution is 2.50. The van der Waals surface area contributed by atoms with E-state index in [2.05, 4.69) is 6.58 Å². The summed E-state index contributed by atoms with van der Waals surface area (Å²) in [5.41, 5.74) is -0.528. The minimum Gasteiger partial charge on any atom is -0.488 e. The van der Waals surface area contributed by atoms with Crippen LogP contribution in [-0.4, -0.2) is 27.3 Å². The molecule has 5 nitrogen and oxygen atoms in total. The van der Waals surface area contributed by atoms with Crippen LogP contribution in [0.3, 0.4) is 0 Å². The van der Waals surface area contributed by atoms with Crippen LogP contribution in [0, 0.1) is 0 Å². The Hall–Kier alpha value is -0.870. The summed E-state index contributed by atoms with van der Waals surface area (Å²) in [5.74, 6) is 0.673. The molecule has 0 rings (SSSR count). The van der Waals surface area contributed by atoms with Crippen LogP contribution in [-0.2, 0) is 14.0 Å². The quantitative estimate of drug-likeness (QED) is 0.385. The van der Waals surface area contributed by atoms with Crippen molar-refractivity contribution < 1.29 is 23.8 Å². The molecule has 122 valence electrons. The van der Waals surface area contributed by atoms with Gasteiger partial charge in [0, 0.05) is 6.42 Å². The maximum absolute atomic E-state index is 11.3. The van der Waals surface area contributed by atoms with E-state index in [1.54, 1.807) is 12.2 Å². The van der Waals surface area contributed by atoms with Gasteiger partial charge >= 0.3 is 7.60 Å². The SMILES string of the molecule is C=C/C=C(\C=C/C)OC(C)(C)CCOC(C)(C)P(=O)(O)O. The zero-order chi connectivity index (χ0) is 16.7. The molecule has 0 saturated carbocycles. The monoisotopic (exact) mass is 318 g/mol. The Bertz CT molecular complexity index is 443. The van der Waals surface area contributed by atoms with Crippen LogP contribution < -0.4 is 0 Å². The average molecular weight is 318 g/mol. The highest BCUT2D eigenvalue weighted by molar-refractivity contribution is 7.53. The van der Waals surface area contributed by atoms with Crippen molar-refractivity contribution in [1.29, 1.82) is 0 Å². The predicted octanol–water partition coefficient (Wildman–Crippen LogP) is 3.75. The molecule has 0 spiro atoms. The van der Waals surface area contributed by atoms with Crippen molar-refractivity contribution >= 4 is 7.60 Å². The molecule has 0 atom stereocenters. The van der Waals surface area contributed by atoms with E-state index < -0.39 is 18.5 Å². The summed E-state index contributed by atoms with van der Waals surface area (Å²) in [7, 11) is -4.30. The molecule has 0 aromatic rings. The largest absolute Gasteiger partial charge is 0.488 e. The van der Waals surface area contributed by atoms with E-state index in [9.17, 15) is 14.4 Å².